The Morgan fingerprint density at radius 2 is 2.10 bits per heavy atom. The van der Waals surface area contributed by atoms with Crippen LogP contribution in [0.2, 0.25) is 0 Å². The molecule has 1 aliphatic rings. The summed E-state index contributed by atoms with van der Waals surface area (Å²) in [7, 11) is 0. The van der Waals surface area contributed by atoms with Crippen molar-refractivity contribution in [2.45, 2.75) is 43.8 Å². The largest absolute Gasteiger partial charge is 0.481 e. The Morgan fingerprint density at radius 3 is 2.67 bits per heavy atom. The van der Waals surface area contributed by atoms with Crippen LogP contribution in [0.3, 0.4) is 0 Å². The van der Waals surface area contributed by atoms with Crippen molar-refractivity contribution >= 4 is 5.97 Å². The first-order chi connectivity index (χ1) is 10.1. The number of hydrogen-bond donors (Lipinski definition) is 1. The third kappa shape index (κ3) is 3.21. The summed E-state index contributed by atoms with van der Waals surface area (Å²) in [5.41, 5.74) is -0.120. The molecule has 1 saturated heterocycles. The lowest BCUT2D eigenvalue weighted by atomic mass is 9.81. The van der Waals surface area contributed by atoms with Crippen LogP contribution in [0.5, 0.6) is 0 Å². The molecule has 5 nitrogen and oxygen atoms in total. The standard InChI is InChI=1S/C16H17N3O2/c17-10-14-7-4-8-16(12-18,9-15(20)21)19(14)11-13-5-2-1-3-6-13/h1-3,5-6,14H,4,7-9,11H2,(H,20,21). The zero-order valence-corrected chi connectivity index (χ0v) is 11.7. The first kappa shape index (κ1) is 15.0. The summed E-state index contributed by atoms with van der Waals surface area (Å²) in [6.07, 6.45) is 1.60. The molecule has 1 fully saturated rings. The molecule has 0 amide bonds. The fourth-order valence-corrected chi connectivity index (χ4v) is 2.96. The molecule has 5 heteroatoms. The first-order valence-electron chi connectivity index (χ1n) is 6.94. The lowest BCUT2D eigenvalue weighted by molar-refractivity contribution is -0.140. The highest BCUT2D eigenvalue weighted by Gasteiger charge is 2.45. The van der Waals surface area contributed by atoms with Crippen molar-refractivity contribution in [3.63, 3.8) is 0 Å². The van der Waals surface area contributed by atoms with Crippen LogP contribution in [0.25, 0.3) is 0 Å². The highest BCUT2D eigenvalue weighted by atomic mass is 16.4. The third-order valence-electron chi connectivity index (χ3n) is 3.99. The summed E-state index contributed by atoms with van der Waals surface area (Å²) in [5.74, 6) is -1.01. The smallest absolute Gasteiger partial charge is 0.306 e. The van der Waals surface area contributed by atoms with Gasteiger partial charge >= 0.3 is 5.97 Å². The van der Waals surface area contributed by atoms with Gasteiger partial charge in [0.25, 0.3) is 0 Å². The Bertz CT molecular complexity index is 588. The molecule has 0 aromatic heterocycles. The van der Waals surface area contributed by atoms with E-state index in [-0.39, 0.29) is 6.42 Å². The maximum Gasteiger partial charge on any atom is 0.306 e. The Labute approximate surface area is 124 Å². The van der Waals surface area contributed by atoms with Gasteiger partial charge in [0.1, 0.15) is 5.54 Å². The lowest BCUT2D eigenvalue weighted by Crippen LogP contribution is -2.55. The molecule has 0 aliphatic carbocycles. The average molecular weight is 283 g/mol. The zero-order chi connectivity index (χ0) is 15.3. The van der Waals surface area contributed by atoms with E-state index in [9.17, 15) is 15.3 Å². The van der Waals surface area contributed by atoms with Crippen molar-refractivity contribution in [2.75, 3.05) is 0 Å². The van der Waals surface area contributed by atoms with E-state index in [0.717, 1.165) is 5.56 Å². The van der Waals surface area contributed by atoms with Gasteiger partial charge in [0.15, 0.2) is 0 Å². The molecule has 1 aromatic rings. The van der Waals surface area contributed by atoms with E-state index >= 15 is 0 Å². The Hall–Kier alpha value is -2.37. The van der Waals surface area contributed by atoms with E-state index in [1.54, 1.807) is 4.90 Å². The predicted molar refractivity (Wildman–Crippen MR) is 75.8 cm³/mol. The van der Waals surface area contributed by atoms with Crippen LogP contribution >= 0.6 is 0 Å². The number of nitriles is 2. The molecule has 1 heterocycles. The van der Waals surface area contributed by atoms with Crippen molar-refractivity contribution in [3.8, 4) is 12.1 Å². The summed E-state index contributed by atoms with van der Waals surface area (Å²) < 4.78 is 0. The summed E-state index contributed by atoms with van der Waals surface area (Å²) in [4.78, 5) is 12.9. The van der Waals surface area contributed by atoms with Crippen LogP contribution in [-0.2, 0) is 11.3 Å². The van der Waals surface area contributed by atoms with Gasteiger partial charge in [-0.3, -0.25) is 9.69 Å². The first-order valence-corrected chi connectivity index (χ1v) is 6.94. The molecule has 1 aliphatic heterocycles. The van der Waals surface area contributed by atoms with Gasteiger partial charge in [0, 0.05) is 6.54 Å². The van der Waals surface area contributed by atoms with Crippen molar-refractivity contribution in [2.24, 2.45) is 0 Å². The number of hydrogen-bond acceptors (Lipinski definition) is 4. The van der Waals surface area contributed by atoms with Crippen LogP contribution in [0.4, 0.5) is 0 Å². The second-order valence-electron chi connectivity index (χ2n) is 5.36. The predicted octanol–water partition coefficient (Wildman–Crippen LogP) is 2.30. The number of carboxylic acids is 1. The summed E-state index contributed by atoms with van der Waals surface area (Å²) in [6, 6.07) is 13.5. The Balaban J connectivity index is 2.34. The van der Waals surface area contributed by atoms with Crippen LogP contribution in [0.15, 0.2) is 30.3 Å². The highest BCUT2D eigenvalue weighted by molar-refractivity contribution is 5.69. The van der Waals surface area contributed by atoms with Gasteiger partial charge in [-0.15, -0.1) is 0 Å². The second-order valence-corrected chi connectivity index (χ2v) is 5.36. The van der Waals surface area contributed by atoms with Gasteiger partial charge in [0.2, 0.25) is 0 Å². The molecule has 0 spiro atoms. The quantitative estimate of drug-likeness (QED) is 0.916. The molecule has 0 radical (unpaired) electrons. The van der Waals surface area contributed by atoms with Crippen LogP contribution in [-0.4, -0.2) is 27.6 Å². The molecule has 21 heavy (non-hydrogen) atoms. The molecule has 1 aromatic carbocycles. The van der Waals surface area contributed by atoms with Gasteiger partial charge in [-0.25, -0.2) is 0 Å². The van der Waals surface area contributed by atoms with E-state index < -0.39 is 17.6 Å². The van der Waals surface area contributed by atoms with E-state index in [1.807, 2.05) is 30.3 Å². The fraction of sp³-hybridized carbons (Fsp3) is 0.438. The minimum absolute atomic E-state index is 0.255. The Morgan fingerprint density at radius 1 is 1.38 bits per heavy atom. The van der Waals surface area contributed by atoms with Gasteiger partial charge < -0.3 is 5.11 Å². The molecule has 2 unspecified atom stereocenters. The molecule has 0 bridgehead atoms. The number of carboxylic acid groups (broad SMARTS) is 1. The van der Waals surface area contributed by atoms with Gasteiger partial charge in [-0.1, -0.05) is 30.3 Å². The minimum atomic E-state index is -1.10. The van der Waals surface area contributed by atoms with Crippen molar-refractivity contribution in [1.29, 1.82) is 10.5 Å². The van der Waals surface area contributed by atoms with Crippen molar-refractivity contribution in [3.05, 3.63) is 35.9 Å². The van der Waals surface area contributed by atoms with Gasteiger partial charge in [-0.05, 0) is 24.8 Å². The number of benzene rings is 1. The number of likely N-dealkylation sites (tertiary alicyclic amines) is 1. The van der Waals surface area contributed by atoms with Crippen LogP contribution in [0.1, 0.15) is 31.2 Å². The van der Waals surface area contributed by atoms with E-state index in [1.165, 1.54) is 0 Å². The second kappa shape index (κ2) is 6.39. The molecule has 1 N–H and O–H groups in total. The van der Waals surface area contributed by atoms with E-state index in [0.29, 0.717) is 25.8 Å². The number of nitrogens with zero attached hydrogens (tertiary/aromatic N) is 3. The average Bonchev–Trinajstić information content (AvgIpc) is 2.49. The number of rotatable bonds is 4. The highest BCUT2D eigenvalue weighted by Crippen LogP contribution is 2.35. The molecular formula is C16H17N3O2. The fourth-order valence-electron chi connectivity index (χ4n) is 2.96. The molecule has 2 rings (SSSR count). The van der Waals surface area contributed by atoms with Crippen molar-refractivity contribution < 1.29 is 9.90 Å². The topological polar surface area (TPSA) is 88.1 Å². The molecular weight excluding hydrogens is 266 g/mol. The molecule has 108 valence electrons. The number of carbonyl (C=O) groups is 1. The van der Waals surface area contributed by atoms with Crippen molar-refractivity contribution in [1.82, 2.24) is 4.90 Å². The molecule has 2 atom stereocenters. The lowest BCUT2D eigenvalue weighted by Gasteiger charge is -2.44. The summed E-state index contributed by atoms with van der Waals surface area (Å²) in [6.45, 7) is 0.417. The zero-order valence-electron chi connectivity index (χ0n) is 11.7. The molecule has 0 saturated carbocycles. The maximum absolute atomic E-state index is 11.2. The normalized spacial score (nSPS) is 25.7. The summed E-state index contributed by atoms with van der Waals surface area (Å²) >= 11 is 0. The number of aliphatic carboxylic acids is 1. The van der Waals surface area contributed by atoms with E-state index in [4.69, 9.17) is 5.11 Å². The van der Waals surface area contributed by atoms with Crippen LogP contribution in [0, 0.1) is 22.7 Å². The SMILES string of the molecule is N#CC1CCCC(C#N)(CC(=O)O)N1Cc1ccccc1. The van der Waals surface area contributed by atoms with E-state index in [2.05, 4.69) is 12.1 Å². The summed E-state index contributed by atoms with van der Waals surface area (Å²) in [5, 5.41) is 28.1. The minimum Gasteiger partial charge on any atom is -0.481 e. The third-order valence-corrected chi connectivity index (χ3v) is 3.99. The van der Waals surface area contributed by atoms with Gasteiger partial charge in [-0.2, -0.15) is 10.5 Å². The maximum atomic E-state index is 11.2. The monoisotopic (exact) mass is 283 g/mol. The Kier molecular flexibility index (Phi) is 4.57. The number of piperidine rings is 1. The van der Waals surface area contributed by atoms with Crippen LogP contribution < -0.4 is 0 Å². The van der Waals surface area contributed by atoms with Gasteiger partial charge in [0.05, 0.1) is 24.6 Å².